The van der Waals surface area contributed by atoms with E-state index in [-0.39, 0.29) is 4.90 Å². The lowest BCUT2D eigenvalue weighted by atomic mass is 10.1. The molecule has 0 amide bonds. The average Bonchev–Trinajstić information content (AvgIpc) is 3.03. The molecule has 1 N–H and O–H groups in total. The smallest absolute Gasteiger partial charge is 0.175 e. The van der Waals surface area contributed by atoms with Gasteiger partial charge < -0.3 is 5.32 Å². The fourth-order valence-corrected chi connectivity index (χ4v) is 3.69. The van der Waals surface area contributed by atoms with E-state index >= 15 is 0 Å². The quantitative estimate of drug-likeness (QED) is 0.509. The van der Waals surface area contributed by atoms with Crippen molar-refractivity contribution in [2.24, 2.45) is 0 Å². The summed E-state index contributed by atoms with van der Waals surface area (Å²) in [4.78, 5) is 4.97. The Labute approximate surface area is 164 Å². The lowest BCUT2D eigenvalue weighted by Gasteiger charge is -2.11. The van der Waals surface area contributed by atoms with Crippen molar-refractivity contribution < 1.29 is 8.42 Å². The van der Waals surface area contributed by atoms with Crippen LogP contribution in [0.3, 0.4) is 0 Å². The van der Waals surface area contributed by atoms with Crippen molar-refractivity contribution >= 4 is 42.9 Å². The zero-order chi connectivity index (χ0) is 19.0. The molecule has 0 aliphatic heterocycles. The van der Waals surface area contributed by atoms with Crippen LogP contribution in [0.4, 0.5) is 11.5 Å². The number of hydrogen-bond donors (Lipinski definition) is 1. The number of hydrogen-bond acceptors (Lipinski definition) is 5. The minimum Gasteiger partial charge on any atom is -0.340 e. The average molecular weight is 443 g/mol. The third-order valence-corrected chi connectivity index (χ3v) is 5.74. The topological polar surface area (TPSA) is 76.4 Å². The van der Waals surface area contributed by atoms with Gasteiger partial charge in [-0.1, -0.05) is 30.3 Å². The second-order valence-electron chi connectivity index (χ2n) is 6.04. The van der Waals surface area contributed by atoms with Gasteiger partial charge in [0, 0.05) is 23.6 Å². The van der Waals surface area contributed by atoms with E-state index in [1.165, 1.54) is 6.26 Å². The summed E-state index contributed by atoms with van der Waals surface area (Å²) in [7, 11) is -3.23. The summed E-state index contributed by atoms with van der Waals surface area (Å²) in [5.74, 6) is 0.719. The maximum absolute atomic E-state index is 11.6. The molecule has 0 fully saturated rings. The number of nitrogens with zero attached hydrogens (tertiary/aromatic N) is 3. The molecule has 2 heterocycles. The van der Waals surface area contributed by atoms with E-state index in [9.17, 15) is 8.42 Å². The van der Waals surface area contributed by atoms with Gasteiger partial charge in [-0.15, -0.1) is 0 Å². The zero-order valence-corrected chi connectivity index (χ0v) is 16.7. The fraction of sp³-hybridized carbons (Fsp3) is 0.0526. The Hall–Kier alpha value is -2.71. The van der Waals surface area contributed by atoms with Crippen LogP contribution < -0.4 is 5.32 Å². The standard InChI is InChI=1S/C19H15BrN4O2S/c1-27(25,26)15-9-7-14(8-10-15)22-18-11-17(13-5-3-2-4-6-13)23-19-16(20)12-21-24(18)19/h2-12,22H,1H3. The Morgan fingerprint density at radius 2 is 1.74 bits per heavy atom. The molecule has 6 nitrogen and oxygen atoms in total. The van der Waals surface area contributed by atoms with Crippen molar-refractivity contribution in [1.29, 1.82) is 0 Å². The number of nitrogens with one attached hydrogen (secondary N) is 1. The lowest BCUT2D eigenvalue weighted by Crippen LogP contribution is -2.03. The van der Waals surface area contributed by atoms with Crippen LogP contribution in [0.1, 0.15) is 0 Å². The maximum atomic E-state index is 11.6. The van der Waals surface area contributed by atoms with Gasteiger partial charge in [-0.3, -0.25) is 0 Å². The van der Waals surface area contributed by atoms with Crippen LogP contribution in [-0.4, -0.2) is 29.3 Å². The van der Waals surface area contributed by atoms with Crippen LogP contribution in [0.5, 0.6) is 0 Å². The van der Waals surface area contributed by atoms with Crippen molar-refractivity contribution in [3.8, 4) is 11.3 Å². The molecule has 0 spiro atoms. The summed E-state index contributed by atoms with van der Waals surface area (Å²) in [5.41, 5.74) is 3.23. The number of aromatic nitrogens is 3. The number of fused-ring (bicyclic) bond motifs is 1. The Bertz CT molecular complexity index is 1220. The first-order valence-electron chi connectivity index (χ1n) is 8.09. The zero-order valence-electron chi connectivity index (χ0n) is 14.3. The molecule has 0 aliphatic carbocycles. The summed E-state index contributed by atoms with van der Waals surface area (Å²) in [5, 5.41) is 7.65. The van der Waals surface area contributed by atoms with Crippen LogP contribution in [0.2, 0.25) is 0 Å². The second kappa shape index (κ2) is 6.79. The molecule has 0 saturated carbocycles. The van der Waals surface area contributed by atoms with E-state index in [1.54, 1.807) is 35.0 Å². The first kappa shape index (κ1) is 17.7. The third-order valence-electron chi connectivity index (χ3n) is 4.05. The molecule has 0 radical (unpaired) electrons. The second-order valence-corrected chi connectivity index (χ2v) is 8.91. The van der Waals surface area contributed by atoms with Gasteiger partial charge in [0.25, 0.3) is 0 Å². The van der Waals surface area contributed by atoms with Crippen molar-refractivity contribution in [2.75, 3.05) is 11.6 Å². The van der Waals surface area contributed by atoms with Crippen molar-refractivity contribution in [3.05, 3.63) is 71.3 Å². The normalized spacial score (nSPS) is 11.6. The molecule has 0 saturated heterocycles. The first-order chi connectivity index (χ1) is 12.9. The van der Waals surface area contributed by atoms with Crippen molar-refractivity contribution in [2.45, 2.75) is 4.90 Å². The Morgan fingerprint density at radius 3 is 2.41 bits per heavy atom. The number of halogens is 1. The highest BCUT2D eigenvalue weighted by molar-refractivity contribution is 9.10. The Balaban J connectivity index is 1.79. The van der Waals surface area contributed by atoms with Gasteiger partial charge in [0.15, 0.2) is 15.5 Å². The minimum absolute atomic E-state index is 0.278. The highest BCUT2D eigenvalue weighted by atomic mass is 79.9. The number of sulfone groups is 1. The first-order valence-corrected chi connectivity index (χ1v) is 10.8. The van der Waals surface area contributed by atoms with Crippen molar-refractivity contribution in [1.82, 2.24) is 14.6 Å². The van der Waals surface area contributed by atoms with Crippen molar-refractivity contribution in [3.63, 3.8) is 0 Å². The molecule has 4 rings (SSSR count). The molecule has 0 bridgehead atoms. The molecule has 2 aromatic carbocycles. The molecule has 0 aliphatic rings. The molecular weight excluding hydrogens is 428 g/mol. The van der Waals surface area contributed by atoms with Gasteiger partial charge >= 0.3 is 0 Å². The molecule has 27 heavy (non-hydrogen) atoms. The lowest BCUT2D eigenvalue weighted by molar-refractivity contribution is 0.602. The molecule has 0 unspecified atom stereocenters. The van der Waals surface area contributed by atoms with Gasteiger partial charge in [0.05, 0.1) is 21.3 Å². The molecule has 2 aromatic heterocycles. The van der Waals surface area contributed by atoms with Crippen LogP contribution in [0, 0.1) is 0 Å². The molecule has 0 atom stereocenters. The van der Waals surface area contributed by atoms with Gasteiger partial charge in [0.1, 0.15) is 5.82 Å². The molecule has 4 aromatic rings. The Morgan fingerprint density at radius 1 is 1.04 bits per heavy atom. The van der Waals surface area contributed by atoms with Crippen LogP contribution in [0.25, 0.3) is 16.9 Å². The van der Waals surface area contributed by atoms with E-state index in [4.69, 9.17) is 0 Å². The monoisotopic (exact) mass is 442 g/mol. The van der Waals surface area contributed by atoms with E-state index in [0.717, 1.165) is 27.2 Å². The van der Waals surface area contributed by atoms with Gasteiger partial charge in [0.2, 0.25) is 0 Å². The number of rotatable bonds is 4. The predicted octanol–water partition coefficient (Wildman–Crippen LogP) is 4.31. The highest BCUT2D eigenvalue weighted by Gasteiger charge is 2.12. The highest BCUT2D eigenvalue weighted by Crippen LogP contribution is 2.27. The summed E-state index contributed by atoms with van der Waals surface area (Å²) in [6.07, 6.45) is 2.88. The third kappa shape index (κ3) is 3.58. The summed E-state index contributed by atoms with van der Waals surface area (Å²) in [6, 6.07) is 18.4. The van der Waals surface area contributed by atoms with Crippen LogP contribution in [-0.2, 0) is 9.84 Å². The van der Waals surface area contributed by atoms with E-state index in [0.29, 0.717) is 5.65 Å². The fourth-order valence-electron chi connectivity index (χ4n) is 2.72. The van der Waals surface area contributed by atoms with E-state index in [1.807, 2.05) is 36.4 Å². The van der Waals surface area contributed by atoms with Gasteiger partial charge in [-0.05, 0) is 40.2 Å². The largest absolute Gasteiger partial charge is 0.340 e. The maximum Gasteiger partial charge on any atom is 0.175 e. The Kier molecular flexibility index (Phi) is 4.45. The van der Waals surface area contributed by atoms with Crippen LogP contribution in [0.15, 0.2) is 76.2 Å². The summed E-state index contributed by atoms with van der Waals surface area (Å²) in [6.45, 7) is 0. The molecule has 136 valence electrons. The summed E-state index contributed by atoms with van der Waals surface area (Å²) < 4.78 is 25.8. The van der Waals surface area contributed by atoms with Gasteiger partial charge in [-0.2, -0.15) is 9.61 Å². The van der Waals surface area contributed by atoms with E-state index < -0.39 is 9.84 Å². The number of benzene rings is 2. The summed E-state index contributed by atoms with van der Waals surface area (Å²) >= 11 is 3.48. The predicted molar refractivity (Wildman–Crippen MR) is 109 cm³/mol. The minimum atomic E-state index is -3.23. The van der Waals surface area contributed by atoms with Crippen LogP contribution >= 0.6 is 15.9 Å². The number of anilines is 2. The SMILES string of the molecule is CS(=O)(=O)c1ccc(Nc2cc(-c3ccccc3)nc3c(Br)cnn23)cc1. The molecular formula is C19H15BrN4O2S. The molecule has 8 heteroatoms. The van der Waals surface area contributed by atoms with E-state index in [2.05, 4.69) is 31.3 Å². The van der Waals surface area contributed by atoms with Gasteiger partial charge in [-0.25, -0.2) is 13.4 Å².